The Balaban J connectivity index is 0.00000264. The number of hydrogen-bond acceptors (Lipinski definition) is 3. The highest BCUT2D eigenvalue weighted by molar-refractivity contribution is 5.85. The summed E-state index contributed by atoms with van der Waals surface area (Å²) in [5, 5.41) is 10.3. The summed E-state index contributed by atoms with van der Waals surface area (Å²) in [6, 6.07) is 4.26. The van der Waals surface area contributed by atoms with Crippen molar-refractivity contribution in [3.8, 4) is 5.75 Å². The molecule has 0 amide bonds. The van der Waals surface area contributed by atoms with Gasteiger partial charge in [0.25, 0.3) is 0 Å². The molecule has 1 saturated heterocycles. The van der Waals surface area contributed by atoms with Gasteiger partial charge in [-0.05, 0) is 50.2 Å². The van der Waals surface area contributed by atoms with Gasteiger partial charge in [0.15, 0.2) is 0 Å². The maximum Gasteiger partial charge on any atom is 0.125 e. The second-order valence-electron chi connectivity index (χ2n) is 7.36. The van der Waals surface area contributed by atoms with Crippen molar-refractivity contribution in [1.82, 2.24) is 4.90 Å². The molecule has 2 rings (SSSR count). The minimum absolute atomic E-state index is 0. The Kier molecular flexibility index (Phi) is 7.85. The molecule has 3 unspecified atom stereocenters. The van der Waals surface area contributed by atoms with Crippen LogP contribution in [0, 0.1) is 32.6 Å². The molecule has 0 bridgehead atoms. The lowest BCUT2D eigenvalue weighted by Gasteiger charge is -2.36. The van der Waals surface area contributed by atoms with Crippen molar-refractivity contribution in [3.63, 3.8) is 0 Å². The zero-order valence-corrected chi connectivity index (χ0v) is 15.9. The van der Waals surface area contributed by atoms with Gasteiger partial charge in [0.1, 0.15) is 18.5 Å². The van der Waals surface area contributed by atoms with Gasteiger partial charge in [0.2, 0.25) is 0 Å². The minimum atomic E-state index is -0.433. The third kappa shape index (κ3) is 5.98. The highest BCUT2D eigenvalue weighted by Gasteiger charge is 2.23. The zero-order chi connectivity index (χ0) is 16.3. The summed E-state index contributed by atoms with van der Waals surface area (Å²) in [5.74, 6) is 2.36. The molecule has 0 saturated carbocycles. The average Bonchev–Trinajstić information content (AvgIpc) is 2.35. The predicted molar refractivity (Wildman–Crippen MR) is 98.8 cm³/mol. The van der Waals surface area contributed by atoms with Crippen LogP contribution in [0.15, 0.2) is 12.1 Å². The Labute approximate surface area is 147 Å². The summed E-state index contributed by atoms with van der Waals surface area (Å²) in [6.07, 6.45) is 0.864. The molecule has 0 aromatic heterocycles. The Hall–Kier alpha value is -0.770. The summed E-state index contributed by atoms with van der Waals surface area (Å²) in [7, 11) is 0. The van der Waals surface area contributed by atoms with E-state index in [0.29, 0.717) is 13.2 Å². The molecule has 0 radical (unpaired) electrons. The lowest BCUT2D eigenvalue weighted by molar-refractivity contribution is 0.0426. The number of hydrogen-bond donors (Lipinski definition) is 1. The standard InChI is InChI=1S/C19H31NO2.ClH/c1-13-7-16(4)19(17(5)8-13)22-12-18(21)11-20-9-14(2)6-15(3)10-20;/h7-8,14-15,18,21H,6,9-12H2,1-5H3;1H. The number of halogens is 1. The van der Waals surface area contributed by atoms with Gasteiger partial charge in [0, 0.05) is 19.6 Å². The van der Waals surface area contributed by atoms with Crippen molar-refractivity contribution in [2.75, 3.05) is 26.2 Å². The molecule has 0 aliphatic carbocycles. The maximum absolute atomic E-state index is 10.3. The van der Waals surface area contributed by atoms with Crippen LogP contribution < -0.4 is 4.74 Å². The van der Waals surface area contributed by atoms with Gasteiger partial charge in [-0.25, -0.2) is 0 Å². The SMILES string of the molecule is Cc1cc(C)c(OCC(O)CN2CC(C)CC(C)C2)c(C)c1.Cl. The van der Waals surface area contributed by atoms with Crippen molar-refractivity contribution in [1.29, 1.82) is 0 Å². The number of piperidine rings is 1. The monoisotopic (exact) mass is 341 g/mol. The van der Waals surface area contributed by atoms with Gasteiger partial charge in [-0.15, -0.1) is 12.4 Å². The van der Waals surface area contributed by atoms with Crippen LogP contribution in [0.25, 0.3) is 0 Å². The van der Waals surface area contributed by atoms with Crippen molar-refractivity contribution >= 4 is 12.4 Å². The van der Waals surface area contributed by atoms with E-state index in [0.717, 1.165) is 41.8 Å². The molecule has 1 fully saturated rings. The topological polar surface area (TPSA) is 32.7 Å². The summed E-state index contributed by atoms with van der Waals surface area (Å²) < 4.78 is 5.90. The van der Waals surface area contributed by atoms with Crippen LogP contribution >= 0.6 is 12.4 Å². The highest BCUT2D eigenvalue weighted by atomic mass is 35.5. The quantitative estimate of drug-likeness (QED) is 0.885. The molecule has 1 aliphatic rings. The lowest BCUT2D eigenvalue weighted by Crippen LogP contribution is -2.44. The van der Waals surface area contributed by atoms with Gasteiger partial charge in [0.05, 0.1) is 0 Å². The molecule has 1 aromatic carbocycles. The number of ether oxygens (including phenoxy) is 1. The molecule has 0 spiro atoms. The first kappa shape index (κ1) is 20.3. The third-order valence-electron chi connectivity index (χ3n) is 4.44. The first-order valence-corrected chi connectivity index (χ1v) is 8.46. The lowest BCUT2D eigenvalue weighted by atomic mass is 9.92. The number of rotatable bonds is 5. The molecule has 132 valence electrons. The number of aliphatic hydroxyl groups is 1. The molecule has 4 heteroatoms. The Morgan fingerprint density at radius 2 is 1.65 bits per heavy atom. The Bertz CT molecular complexity index is 473. The minimum Gasteiger partial charge on any atom is -0.490 e. The molecule has 1 heterocycles. The third-order valence-corrected chi connectivity index (χ3v) is 4.44. The summed E-state index contributed by atoms with van der Waals surface area (Å²) in [5.41, 5.74) is 3.54. The summed E-state index contributed by atoms with van der Waals surface area (Å²) >= 11 is 0. The van der Waals surface area contributed by atoms with E-state index < -0.39 is 6.10 Å². The van der Waals surface area contributed by atoms with Crippen molar-refractivity contribution < 1.29 is 9.84 Å². The van der Waals surface area contributed by atoms with Crippen molar-refractivity contribution in [2.24, 2.45) is 11.8 Å². The highest BCUT2D eigenvalue weighted by Crippen LogP contribution is 2.25. The number of aliphatic hydroxyl groups excluding tert-OH is 1. The average molecular weight is 342 g/mol. The predicted octanol–water partition coefficient (Wildman–Crippen LogP) is 3.75. The largest absolute Gasteiger partial charge is 0.490 e. The number of likely N-dealkylation sites (tertiary alicyclic amines) is 1. The van der Waals surface area contributed by atoms with E-state index >= 15 is 0 Å². The van der Waals surface area contributed by atoms with Crippen LogP contribution in [0.4, 0.5) is 0 Å². The second kappa shape index (κ2) is 8.91. The van der Waals surface area contributed by atoms with E-state index in [2.05, 4.69) is 51.7 Å². The van der Waals surface area contributed by atoms with Crippen LogP contribution in [0.2, 0.25) is 0 Å². The van der Waals surface area contributed by atoms with Gasteiger partial charge >= 0.3 is 0 Å². The van der Waals surface area contributed by atoms with E-state index in [1.54, 1.807) is 0 Å². The molecule has 23 heavy (non-hydrogen) atoms. The Morgan fingerprint density at radius 1 is 1.13 bits per heavy atom. The molecule has 3 atom stereocenters. The number of nitrogens with zero attached hydrogens (tertiary/aromatic N) is 1. The number of benzene rings is 1. The van der Waals surface area contributed by atoms with E-state index in [1.807, 2.05) is 0 Å². The molecule has 1 aliphatic heterocycles. The fourth-order valence-corrected chi connectivity index (χ4v) is 3.87. The van der Waals surface area contributed by atoms with E-state index in [1.165, 1.54) is 12.0 Å². The van der Waals surface area contributed by atoms with Crippen molar-refractivity contribution in [3.05, 3.63) is 28.8 Å². The van der Waals surface area contributed by atoms with Crippen LogP contribution in [-0.2, 0) is 0 Å². The molecule has 3 nitrogen and oxygen atoms in total. The van der Waals surface area contributed by atoms with Crippen LogP contribution in [0.3, 0.4) is 0 Å². The fraction of sp³-hybridized carbons (Fsp3) is 0.684. The van der Waals surface area contributed by atoms with Gasteiger partial charge in [-0.2, -0.15) is 0 Å². The molecular formula is C19H32ClNO2. The number of β-amino-alcohol motifs (C(OH)–C–C–N with tert-alkyl or cyclic N) is 1. The van der Waals surface area contributed by atoms with Crippen LogP contribution in [0.5, 0.6) is 5.75 Å². The molecule has 1 aromatic rings. The normalized spacial score (nSPS) is 23.2. The van der Waals surface area contributed by atoms with Crippen LogP contribution in [-0.4, -0.2) is 42.4 Å². The summed E-state index contributed by atoms with van der Waals surface area (Å²) in [4.78, 5) is 2.38. The fourth-order valence-electron chi connectivity index (χ4n) is 3.87. The second-order valence-corrected chi connectivity index (χ2v) is 7.36. The summed E-state index contributed by atoms with van der Waals surface area (Å²) in [6.45, 7) is 14.1. The Morgan fingerprint density at radius 3 is 2.17 bits per heavy atom. The molecular weight excluding hydrogens is 310 g/mol. The van der Waals surface area contributed by atoms with Crippen LogP contribution in [0.1, 0.15) is 37.0 Å². The first-order valence-electron chi connectivity index (χ1n) is 8.46. The van der Waals surface area contributed by atoms with Gasteiger partial charge < -0.3 is 14.7 Å². The van der Waals surface area contributed by atoms with E-state index in [9.17, 15) is 5.11 Å². The van der Waals surface area contributed by atoms with Crippen molar-refractivity contribution in [2.45, 2.75) is 47.1 Å². The smallest absolute Gasteiger partial charge is 0.125 e. The maximum atomic E-state index is 10.3. The molecule has 1 N–H and O–H groups in total. The van der Waals surface area contributed by atoms with E-state index in [-0.39, 0.29) is 12.4 Å². The van der Waals surface area contributed by atoms with E-state index in [4.69, 9.17) is 4.74 Å². The first-order chi connectivity index (χ1) is 10.3. The number of aryl methyl sites for hydroxylation is 3. The zero-order valence-electron chi connectivity index (χ0n) is 15.1. The van der Waals surface area contributed by atoms with Gasteiger partial charge in [-0.1, -0.05) is 31.5 Å². The van der Waals surface area contributed by atoms with Gasteiger partial charge in [-0.3, -0.25) is 0 Å².